The van der Waals surface area contributed by atoms with E-state index in [0.29, 0.717) is 19.1 Å². The molecule has 0 bridgehead atoms. The van der Waals surface area contributed by atoms with E-state index in [9.17, 15) is 0 Å². The van der Waals surface area contributed by atoms with Crippen molar-refractivity contribution in [3.05, 3.63) is 72.1 Å². The summed E-state index contributed by atoms with van der Waals surface area (Å²) in [6.07, 6.45) is 1.48. The molecule has 0 amide bonds. The third kappa shape index (κ3) is 3.82. The summed E-state index contributed by atoms with van der Waals surface area (Å²) in [7, 11) is 0. The van der Waals surface area contributed by atoms with E-state index >= 15 is 0 Å². The third-order valence-corrected chi connectivity index (χ3v) is 3.05. The van der Waals surface area contributed by atoms with Gasteiger partial charge in [0.05, 0.1) is 0 Å². The molecular formula is C16H16N4O. The molecule has 0 saturated carbocycles. The quantitative estimate of drug-likeness (QED) is 0.728. The number of H-pyrrole nitrogens is 1. The number of anilines is 1. The lowest BCUT2D eigenvalue weighted by Crippen LogP contribution is -2.01. The SMILES string of the molecule is c1ccc(COc2ccc(CNc3ncn[nH]3)cc2)cc1. The average Bonchev–Trinajstić information content (AvgIpc) is 3.06. The van der Waals surface area contributed by atoms with Crippen molar-refractivity contribution in [2.24, 2.45) is 0 Å². The molecule has 21 heavy (non-hydrogen) atoms. The van der Waals surface area contributed by atoms with E-state index in [4.69, 9.17) is 4.74 Å². The van der Waals surface area contributed by atoms with Crippen molar-refractivity contribution >= 4 is 5.95 Å². The smallest absolute Gasteiger partial charge is 0.218 e. The molecule has 3 rings (SSSR count). The monoisotopic (exact) mass is 280 g/mol. The van der Waals surface area contributed by atoms with E-state index in [1.165, 1.54) is 6.33 Å². The Morgan fingerprint density at radius 2 is 1.76 bits per heavy atom. The molecule has 0 fully saturated rings. The molecule has 0 aliphatic rings. The summed E-state index contributed by atoms with van der Waals surface area (Å²) in [6.45, 7) is 1.27. The first kappa shape index (κ1) is 13.2. The van der Waals surface area contributed by atoms with Gasteiger partial charge in [0.15, 0.2) is 0 Å². The molecule has 0 aliphatic carbocycles. The van der Waals surface area contributed by atoms with E-state index in [1.807, 2.05) is 42.5 Å². The Morgan fingerprint density at radius 1 is 0.952 bits per heavy atom. The van der Waals surface area contributed by atoms with Crippen LogP contribution in [0.2, 0.25) is 0 Å². The number of rotatable bonds is 6. The molecule has 0 aliphatic heterocycles. The van der Waals surface area contributed by atoms with Crippen molar-refractivity contribution in [2.75, 3.05) is 5.32 Å². The van der Waals surface area contributed by atoms with Crippen LogP contribution < -0.4 is 10.1 Å². The van der Waals surface area contributed by atoms with Crippen LogP contribution >= 0.6 is 0 Å². The first-order chi connectivity index (χ1) is 10.4. The van der Waals surface area contributed by atoms with Crippen molar-refractivity contribution in [3.63, 3.8) is 0 Å². The van der Waals surface area contributed by atoms with Crippen LogP contribution in [0, 0.1) is 0 Å². The summed E-state index contributed by atoms with van der Waals surface area (Å²) in [6, 6.07) is 18.1. The lowest BCUT2D eigenvalue weighted by Gasteiger charge is -2.07. The number of nitrogens with one attached hydrogen (secondary N) is 2. The second-order valence-electron chi connectivity index (χ2n) is 4.61. The Bertz CT molecular complexity index is 651. The van der Waals surface area contributed by atoms with E-state index in [-0.39, 0.29) is 0 Å². The second kappa shape index (κ2) is 6.56. The predicted molar refractivity (Wildman–Crippen MR) is 80.9 cm³/mol. The highest BCUT2D eigenvalue weighted by Crippen LogP contribution is 2.14. The molecule has 1 heterocycles. The molecule has 2 aromatic carbocycles. The molecular weight excluding hydrogens is 264 g/mol. The van der Waals surface area contributed by atoms with Crippen LogP contribution in [-0.2, 0) is 13.2 Å². The molecule has 0 atom stereocenters. The zero-order chi connectivity index (χ0) is 14.3. The lowest BCUT2D eigenvalue weighted by molar-refractivity contribution is 0.306. The molecule has 2 N–H and O–H groups in total. The Kier molecular flexibility index (Phi) is 4.12. The number of aromatic amines is 1. The number of benzene rings is 2. The van der Waals surface area contributed by atoms with E-state index in [2.05, 4.69) is 32.6 Å². The minimum absolute atomic E-state index is 0.580. The van der Waals surface area contributed by atoms with Crippen molar-refractivity contribution in [1.29, 1.82) is 0 Å². The maximum Gasteiger partial charge on any atom is 0.218 e. The normalized spacial score (nSPS) is 10.3. The van der Waals surface area contributed by atoms with Crippen LogP contribution in [0.5, 0.6) is 5.75 Å². The molecule has 0 spiro atoms. The molecule has 3 aromatic rings. The average molecular weight is 280 g/mol. The number of ether oxygens (including phenoxy) is 1. The van der Waals surface area contributed by atoms with Gasteiger partial charge in [-0.1, -0.05) is 42.5 Å². The van der Waals surface area contributed by atoms with Gasteiger partial charge in [0, 0.05) is 6.54 Å². The van der Waals surface area contributed by atoms with Gasteiger partial charge < -0.3 is 10.1 Å². The van der Waals surface area contributed by atoms with Crippen LogP contribution in [0.1, 0.15) is 11.1 Å². The molecule has 0 saturated heterocycles. The lowest BCUT2D eigenvalue weighted by atomic mass is 10.2. The Hall–Kier alpha value is -2.82. The van der Waals surface area contributed by atoms with Crippen LogP contribution in [0.25, 0.3) is 0 Å². The zero-order valence-electron chi connectivity index (χ0n) is 11.5. The maximum absolute atomic E-state index is 5.75. The summed E-state index contributed by atoms with van der Waals surface area (Å²) in [5.74, 6) is 1.53. The van der Waals surface area contributed by atoms with Gasteiger partial charge in [-0.2, -0.15) is 5.10 Å². The molecule has 5 heteroatoms. The standard InChI is InChI=1S/C16H16N4O/c1-2-4-14(5-3-1)11-21-15-8-6-13(7-9-15)10-17-16-18-12-19-20-16/h1-9,12H,10-11H2,(H2,17,18,19,20). The first-order valence-electron chi connectivity index (χ1n) is 6.75. The zero-order valence-corrected chi connectivity index (χ0v) is 11.5. The van der Waals surface area contributed by atoms with Gasteiger partial charge in [-0.15, -0.1) is 0 Å². The van der Waals surface area contributed by atoms with Gasteiger partial charge >= 0.3 is 0 Å². The van der Waals surface area contributed by atoms with Gasteiger partial charge in [-0.25, -0.2) is 10.1 Å². The highest BCUT2D eigenvalue weighted by Gasteiger charge is 1.98. The van der Waals surface area contributed by atoms with Crippen LogP contribution in [-0.4, -0.2) is 15.2 Å². The van der Waals surface area contributed by atoms with Crippen molar-refractivity contribution in [3.8, 4) is 5.75 Å². The van der Waals surface area contributed by atoms with Crippen molar-refractivity contribution in [1.82, 2.24) is 15.2 Å². The van der Waals surface area contributed by atoms with Gasteiger partial charge in [0.25, 0.3) is 0 Å². The fraction of sp³-hybridized carbons (Fsp3) is 0.125. The van der Waals surface area contributed by atoms with Gasteiger partial charge in [0.1, 0.15) is 18.7 Å². The fourth-order valence-electron chi connectivity index (χ4n) is 1.92. The predicted octanol–water partition coefficient (Wildman–Crippen LogP) is 3.00. The van der Waals surface area contributed by atoms with Crippen molar-refractivity contribution < 1.29 is 4.74 Å². The summed E-state index contributed by atoms with van der Waals surface area (Å²) < 4.78 is 5.75. The van der Waals surface area contributed by atoms with Gasteiger partial charge in [-0.3, -0.25) is 0 Å². The van der Waals surface area contributed by atoms with E-state index in [1.54, 1.807) is 0 Å². The van der Waals surface area contributed by atoms with Crippen LogP contribution in [0.15, 0.2) is 60.9 Å². The largest absolute Gasteiger partial charge is 0.489 e. The second-order valence-corrected chi connectivity index (χ2v) is 4.61. The van der Waals surface area contributed by atoms with Crippen molar-refractivity contribution in [2.45, 2.75) is 13.2 Å². The topological polar surface area (TPSA) is 62.8 Å². The van der Waals surface area contributed by atoms with Gasteiger partial charge in [0.2, 0.25) is 5.95 Å². The summed E-state index contributed by atoms with van der Waals surface area (Å²) in [5.41, 5.74) is 2.31. The Morgan fingerprint density at radius 3 is 2.48 bits per heavy atom. The molecule has 1 aromatic heterocycles. The molecule has 0 radical (unpaired) electrons. The molecule has 0 unspecified atom stereocenters. The minimum atomic E-state index is 0.580. The van der Waals surface area contributed by atoms with Gasteiger partial charge in [-0.05, 0) is 23.3 Å². The maximum atomic E-state index is 5.75. The molecule has 5 nitrogen and oxygen atoms in total. The molecule has 106 valence electrons. The van der Waals surface area contributed by atoms with E-state index < -0.39 is 0 Å². The van der Waals surface area contributed by atoms with Crippen LogP contribution in [0.4, 0.5) is 5.95 Å². The minimum Gasteiger partial charge on any atom is -0.489 e. The highest BCUT2D eigenvalue weighted by atomic mass is 16.5. The Balaban J connectivity index is 1.52. The number of hydrogen-bond acceptors (Lipinski definition) is 4. The summed E-state index contributed by atoms with van der Waals surface area (Å²) >= 11 is 0. The fourth-order valence-corrected chi connectivity index (χ4v) is 1.92. The highest BCUT2D eigenvalue weighted by molar-refractivity contribution is 5.31. The summed E-state index contributed by atoms with van der Waals surface area (Å²) in [4.78, 5) is 4.01. The number of hydrogen-bond donors (Lipinski definition) is 2. The first-order valence-corrected chi connectivity index (χ1v) is 6.75. The Labute approximate surface area is 123 Å². The third-order valence-electron chi connectivity index (χ3n) is 3.05. The van der Waals surface area contributed by atoms with Crippen LogP contribution in [0.3, 0.4) is 0 Å². The number of aromatic nitrogens is 3. The number of nitrogens with zero attached hydrogens (tertiary/aromatic N) is 2. The summed E-state index contributed by atoms with van der Waals surface area (Å²) in [5, 5.41) is 9.69. The van der Waals surface area contributed by atoms with E-state index in [0.717, 1.165) is 16.9 Å².